The Kier molecular flexibility index (Phi) is 6.84. The maximum absolute atomic E-state index is 12.6. The molecule has 0 saturated carbocycles. The Hall–Kier alpha value is -4.06. The summed E-state index contributed by atoms with van der Waals surface area (Å²) in [5.74, 6) is -0.576. The number of nitrogens with zero attached hydrogens (tertiary/aromatic N) is 2. The van der Waals surface area contributed by atoms with Crippen LogP contribution >= 0.6 is 0 Å². The molecule has 1 amide bonds. The van der Waals surface area contributed by atoms with Gasteiger partial charge in [-0.2, -0.15) is 10.2 Å². The standard InChI is InChI=1S/C24H21N3O3/c1-2-23(29)25-15-14-17-8-10-19(11-9-17)26-27-20-12-13-22(28)21(16-20)24(30)18-6-4-3-5-7-18/h2-13,16,28H,1,14-15H2,(H,25,29)/b27-26+. The van der Waals surface area contributed by atoms with Gasteiger partial charge in [-0.3, -0.25) is 9.59 Å². The van der Waals surface area contributed by atoms with Gasteiger partial charge in [0.15, 0.2) is 5.78 Å². The molecular weight excluding hydrogens is 378 g/mol. The van der Waals surface area contributed by atoms with Crippen LogP contribution < -0.4 is 5.32 Å². The number of nitrogens with one attached hydrogen (secondary N) is 1. The Labute approximate surface area is 174 Å². The third-order valence-electron chi connectivity index (χ3n) is 4.38. The molecule has 0 radical (unpaired) electrons. The quantitative estimate of drug-likeness (QED) is 0.321. The summed E-state index contributed by atoms with van der Waals surface area (Å²) in [7, 11) is 0. The van der Waals surface area contributed by atoms with E-state index < -0.39 is 0 Å². The average molecular weight is 399 g/mol. The van der Waals surface area contributed by atoms with Crippen LogP contribution in [0.25, 0.3) is 0 Å². The van der Waals surface area contributed by atoms with E-state index in [1.165, 1.54) is 18.2 Å². The molecule has 0 bridgehead atoms. The molecular formula is C24H21N3O3. The van der Waals surface area contributed by atoms with Crippen LogP contribution in [0.3, 0.4) is 0 Å². The zero-order valence-electron chi connectivity index (χ0n) is 16.3. The average Bonchev–Trinajstić information content (AvgIpc) is 2.79. The molecule has 2 N–H and O–H groups in total. The summed E-state index contributed by atoms with van der Waals surface area (Å²) in [6, 6.07) is 20.8. The molecule has 150 valence electrons. The maximum atomic E-state index is 12.6. The van der Waals surface area contributed by atoms with E-state index in [1.807, 2.05) is 30.3 Å². The van der Waals surface area contributed by atoms with Gasteiger partial charge >= 0.3 is 0 Å². The number of hydrogen-bond donors (Lipinski definition) is 2. The van der Waals surface area contributed by atoms with Gasteiger partial charge in [-0.15, -0.1) is 0 Å². The third-order valence-corrected chi connectivity index (χ3v) is 4.38. The van der Waals surface area contributed by atoms with Gasteiger partial charge in [0.25, 0.3) is 0 Å². The molecule has 0 aliphatic heterocycles. The first kappa shape index (κ1) is 20.7. The van der Waals surface area contributed by atoms with Crippen LogP contribution in [-0.2, 0) is 11.2 Å². The number of ketones is 1. The van der Waals surface area contributed by atoms with Crippen molar-refractivity contribution >= 4 is 23.1 Å². The van der Waals surface area contributed by atoms with Crippen LogP contribution in [0.2, 0.25) is 0 Å². The Morgan fingerprint density at radius 3 is 2.30 bits per heavy atom. The lowest BCUT2D eigenvalue weighted by Gasteiger charge is -2.05. The molecule has 0 unspecified atom stereocenters. The van der Waals surface area contributed by atoms with E-state index in [2.05, 4.69) is 22.1 Å². The van der Waals surface area contributed by atoms with Gasteiger partial charge in [-0.05, 0) is 48.4 Å². The second-order valence-corrected chi connectivity index (χ2v) is 6.51. The molecule has 0 atom stereocenters. The van der Waals surface area contributed by atoms with Crippen molar-refractivity contribution in [3.63, 3.8) is 0 Å². The zero-order valence-corrected chi connectivity index (χ0v) is 16.3. The lowest BCUT2D eigenvalue weighted by molar-refractivity contribution is -0.116. The van der Waals surface area contributed by atoms with Crippen LogP contribution in [0.1, 0.15) is 21.5 Å². The normalized spacial score (nSPS) is 10.7. The third kappa shape index (κ3) is 5.48. The Bertz CT molecular complexity index is 1070. The summed E-state index contributed by atoms with van der Waals surface area (Å²) in [5, 5.41) is 21.2. The van der Waals surface area contributed by atoms with E-state index in [0.29, 0.717) is 29.9 Å². The summed E-state index contributed by atoms with van der Waals surface area (Å²) in [6.07, 6.45) is 1.94. The molecule has 0 fully saturated rings. The fraction of sp³-hybridized carbons (Fsp3) is 0.0833. The number of carbonyl (C=O) groups is 2. The molecule has 0 heterocycles. The summed E-state index contributed by atoms with van der Waals surface area (Å²) < 4.78 is 0. The summed E-state index contributed by atoms with van der Waals surface area (Å²) >= 11 is 0. The molecule has 0 saturated heterocycles. The van der Waals surface area contributed by atoms with Crippen molar-refractivity contribution in [1.82, 2.24) is 5.32 Å². The Morgan fingerprint density at radius 2 is 1.60 bits per heavy atom. The van der Waals surface area contributed by atoms with E-state index in [0.717, 1.165) is 5.56 Å². The number of amides is 1. The van der Waals surface area contributed by atoms with Gasteiger partial charge in [0.05, 0.1) is 16.9 Å². The van der Waals surface area contributed by atoms with Crippen molar-refractivity contribution in [2.24, 2.45) is 10.2 Å². The predicted octanol–water partition coefficient (Wildman–Crippen LogP) is 4.88. The van der Waals surface area contributed by atoms with Gasteiger partial charge < -0.3 is 10.4 Å². The van der Waals surface area contributed by atoms with Gasteiger partial charge in [-0.25, -0.2) is 0 Å². The highest BCUT2D eigenvalue weighted by Crippen LogP contribution is 2.27. The molecule has 0 aromatic heterocycles. The first-order valence-corrected chi connectivity index (χ1v) is 9.40. The van der Waals surface area contributed by atoms with Gasteiger partial charge in [0.2, 0.25) is 5.91 Å². The van der Waals surface area contributed by atoms with Gasteiger partial charge in [0.1, 0.15) is 5.75 Å². The molecule has 0 aliphatic rings. The largest absolute Gasteiger partial charge is 0.507 e. The minimum Gasteiger partial charge on any atom is -0.507 e. The first-order chi connectivity index (χ1) is 14.6. The van der Waals surface area contributed by atoms with Gasteiger partial charge in [-0.1, -0.05) is 49.0 Å². The van der Waals surface area contributed by atoms with Crippen LogP contribution in [-0.4, -0.2) is 23.3 Å². The Balaban J connectivity index is 1.68. The Morgan fingerprint density at radius 1 is 0.933 bits per heavy atom. The minimum absolute atomic E-state index is 0.101. The highest BCUT2D eigenvalue weighted by atomic mass is 16.3. The number of phenolic OH excluding ortho intramolecular Hbond substituents is 1. The second-order valence-electron chi connectivity index (χ2n) is 6.51. The van der Waals surface area contributed by atoms with Crippen molar-refractivity contribution < 1.29 is 14.7 Å². The molecule has 0 spiro atoms. The monoisotopic (exact) mass is 399 g/mol. The van der Waals surface area contributed by atoms with E-state index in [1.54, 1.807) is 30.3 Å². The number of rotatable bonds is 8. The number of aromatic hydroxyl groups is 1. The van der Waals surface area contributed by atoms with Crippen LogP contribution in [0.5, 0.6) is 5.75 Å². The van der Waals surface area contributed by atoms with Crippen molar-refractivity contribution in [2.45, 2.75) is 6.42 Å². The fourth-order valence-electron chi connectivity index (χ4n) is 2.76. The predicted molar refractivity (Wildman–Crippen MR) is 116 cm³/mol. The zero-order chi connectivity index (χ0) is 21.3. The van der Waals surface area contributed by atoms with Crippen LogP contribution in [0.4, 0.5) is 11.4 Å². The number of hydrogen-bond acceptors (Lipinski definition) is 5. The highest BCUT2D eigenvalue weighted by Gasteiger charge is 2.14. The van der Waals surface area contributed by atoms with Crippen molar-refractivity contribution in [1.29, 1.82) is 0 Å². The molecule has 3 aromatic carbocycles. The van der Waals surface area contributed by atoms with E-state index >= 15 is 0 Å². The van der Waals surface area contributed by atoms with Gasteiger partial charge in [0, 0.05) is 12.1 Å². The van der Waals surface area contributed by atoms with E-state index in [9.17, 15) is 14.7 Å². The minimum atomic E-state index is -0.280. The number of benzene rings is 3. The summed E-state index contributed by atoms with van der Waals surface area (Å²) in [4.78, 5) is 23.8. The topological polar surface area (TPSA) is 91.1 Å². The molecule has 3 rings (SSSR count). The number of carbonyl (C=O) groups excluding carboxylic acids is 2. The SMILES string of the molecule is C=CC(=O)NCCc1ccc(/N=N/c2ccc(O)c(C(=O)c3ccccc3)c2)cc1. The summed E-state index contributed by atoms with van der Waals surface area (Å²) in [6.45, 7) is 3.94. The van der Waals surface area contributed by atoms with E-state index in [4.69, 9.17) is 0 Å². The smallest absolute Gasteiger partial charge is 0.243 e. The van der Waals surface area contributed by atoms with Crippen molar-refractivity contribution in [3.05, 3.63) is 102 Å². The fourth-order valence-corrected chi connectivity index (χ4v) is 2.76. The van der Waals surface area contributed by atoms with Crippen LogP contribution in [0, 0.1) is 0 Å². The molecule has 30 heavy (non-hydrogen) atoms. The van der Waals surface area contributed by atoms with E-state index in [-0.39, 0.29) is 23.0 Å². The molecule has 6 nitrogen and oxygen atoms in total. The van der Waals surface area contributed by atoms with Crippen LogP contribution in [0.15, 0.2) is 95.7 Å². The van der Waals surface area contributed by atoms with Crippen molar-refractivity contribution in [3.8, 4) is 5.75 Å². The number of azo groups is 1. The maximum Gasteiger partial charge on any atom is 0.243 e. The summed E-state index contributed by atoms with van der Waals surface area (Å²) in [5.41, 5.74) is 2.83. The number of phenols is 1. The molecule has 6 heteroatoms. The molecule has 0 aliphatic carbocycles. The highest BCUT2D eigenvalue weighted by molar-refractivity contribution is 6.11. The lowest BCUT2D eigenvalue weighted by Crippen LogP contribution is -2.23. The second kappa shape index (κ2) is 9.93. The first-order valence-electron chi connectivity index (χ1n) is 9.40. The molecule has 3 aromatic rings. The lowest BCUT2D eigenvalue weighted by atomic mass is 10.0. The van der Waals surface area contributed by atoms with Crippen molar-refractivity contribution in [2.75, 3.05) is 6.54 Å².